The van der Waals surface area contributed by atoms with E-state index in [1.54, 1.807) is 6.26 Å². The van der Waals surface area contributed by atoms with E-state index in [4.69, 9.17) is 9.15 Å². The highest BCUT2D eigenvalue weighted by Gasteiger charge is 2.21. The smallest absolute Gasteiger partial charge is 0.122 e. The molecule has 1 aromatic rings. The van der Waals surface area contributed by atoms with Crippen LogP contribution in [0.1, 0.15) is 39.0 Å². The van der Waals surface area contributed by atoms with Gasteiger partial charge in [0.05, 0.1) is 26.0 Å². The van der Waals surface area contributed by atoms with Crippen LogP contribution in [-0.4, -0.2) is 36.2 Å². The highest BCUT2D eigenvalue weighted by molar-refractivity contribution is 5.17. The molecule has 0 saturated carbocycles. The zero-order valence-corrected chi connectivity index (χ0v) is 12.5. The van der Waals surface area contributed by atoms with Gasteiger partial charge in [0.25, 0.3) is 0 Å². The molecule has 0 amide bonds. The number of nitrogens with zero attached hydrogens (tertiary/aromatic N) is 1. The van der Waals surface area contributed by atoms with E-state index in [9.17, 15) is 0 Å². The Morgan fingerprint density at radius 3 is 2.89 bits per heavy atom. The summed E-state index contributed by atoms with van der Waals surface area (Å²) >= 11 is 0. The Morgan fingerprint density at radius 2 is 2.21 bits per heavy atom. The first kappa shape index (κ1) is 14.6. The second kappa shape index (κ2) is 6.07. The molecule has 0 spiro atoms. The molecule has 1 fully saturated rings. The van der Waals surface area contributed by atoms with Gasteiger partial charge in [0.2, 0.25) is 0 Å². The number of hydrogen-bond donors (Lipinski definition) is 1. The van der Waals surface area contributed by atoms with Crippen LogP contribution < -0.4 is 5.32 Å². The third kappa shape index (κ3) is 4.34. The zero-order chi connectivity index (χ0) is 13.9. The summed E-state index contributed by atoms with van der Waals surface area (Å²) in [5, 5.41) is 3.51. The van der Waals surface area contributed by atoms with Gasteiger partial charge in [-0.15, -0.1) is 0 Å². The summed E-state index contributed by atoms with van der Waals surface area (Å²) in [7, 11) is 0. The third-order valence-electron chi connectivity index (χ3n) is 3.50. The Balaban J connectivity index is 1.95. The molecule has 1 aliphatic rings. The molecule has 1 saturated heterocycles. The molecule has 1 atom stereocenters. The molecule has 1 N–H and O–H groups in total. The van der Waals surface area contributed by atoms with Crippen molar-refractivity contribution in [2.75, 3.05) is 19.8 Å². The van der Waals surface area contributed by atoms with Crippen molar-refractivity contribution in [1.82, 2.24) is 10.2 Å². The van der Waals surface area contributed by atoms with Crippen LogP contribution in [-0.2, 0) is 17.8 Å². The summed E-state index contributed by atoms with van der Waals surface area (Å²) in [4.78, 5) is 2.42. The number of nitrogens with one attached hydrogen (secondary N) is 1. The van der Waals surface area contributed by atoms with Crippen molar-refractivity contribution < 1.29 is 9.15 Å². The van der Waals surface area contributed by atoms with E-state index < -0.39 is 0 Å². The van der Waals surface area contributed by atoms with E-state index in [0.29, 0.717) is 6.04 Å². The molecule has 4 nitrogen and oxygen atoms in total. The molecule has 0 aliphatic carbocycles. The van der Waals surface area contributed by atoms with Gasteiger partial charge in [-0.05, 0) is 33.8 Å². The maximum absolute atomic E-state index is 5.66. The lowest BCUT2D eigenvalue weighted by Gasteiger charge is -2.32. The fourth-order valence-corrected chi connectivity index (χ4v) is 2.20. The van der Waals surface area contributed by atoms with Gasteiger partial charge in [-0.2, -0.15) is 0 Å². The number of morpholine rings is 1. The van der Waals surface area contributed by atoms with E-state index >= 15 is 0 Å². The van der Waals surface area contributed by atoms with Gasteiger partial charge < -0.3 is 14.5 Å². The highest BCUT2D eigenvalue weighted by Crippen LogP contribution is 2.17. The average molecular weight is 266 g/mol. The number of rotatable bonds is 4. The Kier molecular flexibility index (Phi) is 4.66. The normalized spacial score (nSPS) is 21.8. The second-order valence-electron chi connectivity index (χ2n) is 6.37. The summed E-state index contributed by atoms with van der Waals surface area (Å²) in [6.07, 6.45) is 1.79. The van der Waals surface area contributed by atoms with E-state index in [1.807, 2.05) is 0 Å². The molecule has 4 heteroatoms. The molecule has 1 aromatic heterocycles. The Hall–Kier alpha value is -0.840. The van der Waals surface area contributed by atoms with Gasteiger partial charge in [-0.3, -0.25) is 4.90 Å². The second-order valence-corrected chi connectivity index (χ2v) is 6.37. The lowest BCUT2D eigenvalue weighted by atomic mass is 10.1. The summed E-state index contributed by atoms with van der Waals surface area (Å²) < 4.78 is 11.1. The first-order chi connectivity index (χ1) is 8.96. The van der Waals surface area contributed by atoms with E-state index in [2.05, 4.69) is 44.0 Å². The van der Waals surface area contributed by atoms with Gasteiger partial charge in [0.1, 0.15) is 5.76 Å². The molecule has 0 aromatic carbocycles. The molecular formula is C15H26N2O2. The molecule has 108 valence electrons. The number of ether oxygens (including phenoxy) is 1. The molecule has 0 bridgehead atoms. The molecule has 19 heavy (non-hydrogen) atoms. The van der Waals surface area contributed by atoms with Crippen molar-refractivity contribution in [3.63, 3.8) is 0 Å². The molecule has 2 rings (SSSR count). The lowest BCUT2D eigenvalue weighted by Crippen LogP contribution is -2.43. The van der Waals surface area contributed by atoms with Gasteiger partial charge >= 0.3 is 0 Å². The van der Waals surface area contributed by atoms with Gasteiger partial charge in [0.15, 0.2) is 0 Å². The first-order valence-corrected chi connectivity index (χ1v) is 7.08. The van der Waals surface area contributed by atoms with E-state index in [0.717, 1.165) is 38.6 Å². The van der Waals surface area contributed by atoms with Crippen LogP contribution in [0, 0.1) is 0 Å². The maximum Gasteiger partial charge on any atom is 0.122 e. The van der Waals surface area contributed by atoms with Crippen molar-refractivity contribution >= 4 is 0 Å². The van der Waals surface area contributed by atoms with E-state index in [1.165, 1.54) is 5.56 Å². The van der Waals surface area contributed by atoms with Crippen LogP contribution in [0.25, 0.3) is 0 Å². The van der Waals surface area contributed by atoms with Gasteiger partial charge in [-0.1, -0.05) is 0 Å². The highest BCUT2D eigenvalue weighted by atomic mass is 16.5. The van der Waals surface area contributed by atoms with Crippen LogP contribution in [0.3, 0.4) is 0 Å². The van der Waals surface area contributed by atoms with Crippen LogP contribution >= 0.6 is 0 Å². The largest absolute Gasteiger partial charge is 0.468 e. The third-order valence-corrected chi connectivity index (χ3v) is 3.50. The van der Waals surface area contributed by atoms with Gasteiger partial charge in [-0.25, -0.2) is 0 Å². The summed E-state index contributed by atoms with van der Waals surface area (Å²) in [6, 6.07) is 2.53. The summed E-state index contributed by atoms with van der Waals surface area (Å²) in [5.41, 5.74) is 1.38. The Labute approximate surface area is 116 Å². The van der Waals surface area contributed by atoms with Crippen molar-refractivity contribution in [1.29, 1.82) is 0 Å². The van der Waals surface area contributed by atoms with Crippen molar-refractivity contribution in [3.05, 3.63) is 23.7 Å². The quantitative estimate of drug-likeness (QED) is 0.908. The topological polar surface area (TPSA) is 37.6 Å². The van der Waals surface area contributed by atoms with Crippen molar-refractivity contribution in [2.24, 2.45) is 0 Å². The van der Waals surface area contributed by atoms with Crippen LogP contribution in [0.5, 0.6) is 0 Å². The summed E-state index contributed by atoms with van der Waals surface area (Å²) in [5.74, 6) is 1.07. The maximum atomic E-state index is 5.66. The van der Waals surface area contributed by atoms with Crippen LogP contribution in [0.15, 0.2) is 16.7 Å². The first-order valence-electron chi connectivity index (χ1n) is 7.08. The minimum atomic E-state index is 0.126. The van der Waals surface area contributed by atoms with Crippen LogP contribution in [0.2, 0.25) is 0 Å². The fourth-order valence-electron chi connectivity index (χ4n) is 2.20. The standard InChI is InChI=1S/C15H26N2O2/c1-12-11-18-8-6-17(12)10-14-13(5-7-19-14)9-16-15(2,3)4/h5,7,12,16H,6,8-11H2,1-4H3. The van der Waals surface area contributed by atoms with Crippen molar-refractivity contribution in [3.8, 4) is 0 Å². The van der Waals surface area contributed by atoms with Crippen molar-refractivity contribution in [2.45, 2.75) is 52.4 Å². The van der Waals surface area contributed by atoms with E-state index in [-0.39, 0.29) is 5.54 Å². The minimum Gasteiger partial charge on any atom is -0.468 e. The molecule has 0 radical (unpaired) electrons. The predicted molar refractivity (Wildman–Crippen MR) is 76.0 cm³/mol. The Morgan fingerprint density at radius 1 is 1.42 bits per heavy atom. The zero-order valence-electron chi connectivity index (χ0n) is 12.5. The molecule has 1 unspecified atom stereocenters. The van der Waals surface area contributed by atoms with Crippen LogP contribution in [0.4, 0.5) is 0 Å². The average Bonchev–Trinajstić information content (AvgIpc) is 2.76. The number of hydrogen-bond acceptors (Lipinski definition) is 4. The molecule has 1 aliphatic heterocycles. The van der Waals surface area contributed by atoms with Gasteiger partial charge in [0, 0.05) is 30.2 Å². The molecular weight excluding hydrogens is 240 g/mol. The fraction of sp³-hybridized carbons (Fsp3) is 0.733. The molecule has 2 heterocycles. The minimum absolute atomic E-state index is 0.126. The lowest BCUT2D eigenvalue weighted by molar-refractivity contribution is -0.00726. The Bertz CT molecular complexity index is 395. The summed E-state index contributed by atoms with van der Waals surface area (Å²) in [6.45, 7) is 13.1. The predicted octanol–water partition coefficient (Wildman–Crippen LogP) is 2.39. The SMILES string of the molecule is CC1COCCN1Cc1occc1CNC(C)(C)C. The number of furan rings is 1. The monoisotopic (exact) mass is 266 g/mol.